The first kappa shape index (κ1) is 59.2. The van der Waals surface area contributed by atoms with E-state index in [1.807, 2.05) is 73.3 Å². The summed E-state index contributed by atoms with van der Waals surface area (Å²) in [5.74, 6) is 0.528. The van der Waals surface area contributed by atoms with E-state index in [2.05, 4.69) is 45.4 Å². The van der Waals surface area contributed by atoms with Crippen LogP contribution in [0.4, 0.5) is 14.5 Å². The first-order valence-electron chi connectivity index (χ1n) is 24.5. The summed E-state index contributed by atoms with van der Waals surface area (Å²) in [5.41, 5.74) is 9.57. The molecule has 5 aromatic carbocycles. The van der Waals surface area contributed by atoms with Crippen LogP contribution in [0.5, 0.6) is 34.8 Å². The molecule has 0 unspecified atom stereocenters. The summed E-state index contributed by atoms with van der Waals surface area (Å²) >= 11 is 1.57. The molecule has 418 valence electrons. The van der Waals surface area contributed by atoms with Crippen molar-refractivity contribution in [1.29, 1.82) is 10.5 Å². The van der Waals surface area contributed by atoms with Crippen molar-refractivity contribution in [2.45, 2.75) is 33.1 Å². The van der Waals surface area contributed by atoms with Crippen LogP contribution in [-0.2, 0) is 33.3 Å². The minimum atomic E-state index is -3.67. The van der Waals surface area contributed by atoms with E-state index >= 15 is 0 Å². The molecule has 5 heterocycles. The molecule has 0 spiro atoms. The number of methoxy groups -OCH3 is 4. The van der Waals surface area contributed by atoms with Gasteiger partial charge in [0.05, 0.1) is 67.0 Å². The van der Waals surface area contributed by atoms with Crippen molar-refractivity contribution in [3.05, 3.63) is 179 Å². The van der Waals surface area contributed by atoms with Gasteiger partial charge in [-0.2, -0.15) is 10.5 Å². The van der Waals surface area contributed by atoms with Crippen LogP contribution in [0.2, 0.25) is 0 Å². The highest BCUT2D eigenvalue weighted by Crippen LogP contribution is 2.47. The van der Waals surface area contributed by atoms with Gasteiger partial charge in [0.25, 0.3) is 5.91 Å². The SMILES string of the molecule is CO/C=C(/C(=O)OC)c1ccccc1Oc1cc(Oc2ccccc2C#N)ncn1.COCC(=O)N(c1c(C)cccc1C)[C@H](C)C(=O)OC.N#Cc1c[nH]cc1-c1cccc2c1OC(F)(F)O2.c1ccc2[nH]c(-c3cscn3)nc2c1. The van der Waals surface area contributed by atoms with E-state index < -0.39 is 24.3 Å². The van der Waals surface area contributed by atoms with Gasteiger partial charge in [-0.15, -0.1) is 20.1 Å². The third-order valence-electron chi connectivity index (χ3n) is 11.7. The smallest absolute Gasteiger partial charge is 0.503 e. The molecule has 1 atom stereocenters. The van der Waals surface area contributed by atoms with Crippen LogP contribution in [0.1, 0.15) is 34.7 Å². The van der Waals surface area contributed by atoms with Gasteiger partial charge in [0.1, 0.15) is 53.9 Å². The number of ether oxygens (including phenoxy) is 8. The molecule has 2 N–H and O–H groups in total. The number of nitriles is 2. The van der Waals surface area contributed by atoms with Crippen LogP contribution in [-0.4, -0.2) is 95.1 Å². The molecule has 10 rings (SSSR count). The number of hydrogen-bond donors (Lipinski definition) is 2. The van der Waals surface area contributed by atoms with Crippen molar-refractivity contribution in [1.82, 2.24) is 29.9 Å². The number of alkyl halides is 2. The van der Waals surface area contributed by atoms with Crippen molar-refractivity contribution in [2.75, 3.05) is 39.9 Å². The lowest BCUT2D eigenvalue weighted by molar-refractivity contribution is -0.286. The molecule has 4 aromatic heterocycles. The second kappa shape index (κ2) is 27.9. The number of aryl methyl sites for hydroxylation is 2. The summed E-state index contributed by atoms with van der Waals surface area (Å²) in [7, 11) is 5.47. The molecule has 0 fully saturated rings. The van der Waals surface area contributed by atoms with E-state index in [0.29, 0.717) is 39.3 Å². The number of anilines is 1. The fourth-order valence-corrected chi connectivity index (χ4v) is 8.52. The van der Waals surface area contributed by atoms with Crippen molar-refractivity contribution in [3.8, 4) is 69.5 Å². The zero-order chi connectivity index (χ0) is 58.8. The van der Waals surface area contributed by atoms with Gasteiger partial charge in [-0.25, -0.2) is 29.5 Å². The van der Waals surface area contributed by atoms with Crippen LogP contribution in [0, 0.1) is 36.5 Å². The standard InChI is InChI=1S/C22H17N3O5.C15H21NO4.C12H6F2N2O2.C10H7N3S/c1-27-13-17(22(26)28-2)16-8-4-6-10-19(16)30-21-11-20(24-14-25-21)29-18-9-5-3-7-15(18)12-23;1-10-7-6-8-11(2)14(10)16(13(17)9-19-4)12(3)15(18)20-5;13-12(14)17-10-3-1-2-8(11(10)18-12)9-6-16-5-7(9)4-15;1-2-4-8-7(3-1)12-10(13-8)9-5-14-6-11-9/h3-11,13-14H,1-2H3;6-8,12H,9H2,1-5H3;1-3,5-6,16H;1-6H,(H,12,13)/b17-13+;;;/t;12-;;/m.1../s1. The van der Waals surface area contributed by atoms with Crippen molar-refractivity contribution in [3.63, 3.8) is 0 Å². The van der Waals surface area contributed by atoms with Gasteiger partial charge < -0.3 is 47.9 Å². The summed E-state index contributed by atoms with van der Waals surface area (Å²) in [4.78, 5) is 60.4. The van der Waals surface area contributed by atoms with Crippen molar-refractivity contribution >= 4 is 51.5 Å². The van der Waals surface area contributed by atoms with E-state index in [9.17, 15) is 28.4 Å². The Kier molecular flexibility index (Phi) is 20.1. The molecule has 0 saturated carbocycles. The molecular weight excluding hydrogens is 1080 g/mol. The second-order valence-electron chi connectivity index (χ2n) is 17.1. The summed E-state index contributed by atoms with van der Waals surface area (Å²) in [6.45, 7) is 5.36. The van der Waals surface area contributed by atoms with Crippen LogP contribution < -0.4 is 23.8 Å². The molecule has 82 heavy (non-hydrogen) atoms. The number of amides is 1. The Morgan fingerprint density at radius 1 is 0.780 bits per heavy atom. The average molecular weight is 1130 g/mol. The number of carbonyl (C=O) groups excluding carboxylic acids is 3. The highest BCUT2D eigenvalue weighted by Gasteiger charge is 2.45. The van der Waals surface area contributed by atoms with E-state index in [-0.39, 0.29) is 41.3 Å². The Balaban J connectivity index is 0.000000163. The number of hydrogen-bond acceptors (Lipinski definition) is 18. The number of fused-ring (bicyclic) bond motifs is 2. The van der Waals surface area contributed by atoms with Gasteiger partial charge in [-0.05, 0) is 68.3 Å². The minimum absolute atomic E-state index is 0.0393. The van der Waals surface area contributed by atoms with Gasteiger partial charge in [0.2, 0.25) is 11.8 Å². The molecule has 0 radical (unpaired) electrons. The zero-order valence-electron chi connectivity index (χ0n) is 45.0. The number of nitrogens with one attached hydrogen (secondary N) is 2. The number of esters is 2. The number of nitrogens with zero attached hydrogens (tertiary/aromatic N) is 7. The van der Waals surface area contributed by atoms with Crippen molar-refractivity contribution < 1.29 is 61.1 Å². The Bertz CT molecular complexity index is 3750. The number of aromatic nitrogens is 6. The lowest BCUT2D eigenvalue weighted by Gasteiger charge is -2.30. The van der Waals surface area contributed by atoms with E-state index in [1.165, 1.54) is 64.3 Å². The number of thiazole rings is 1. The highest BCUT2D eigenvalue weighted by molar-refractivity contribution is 7.07. The lowest BCUT2D eigenvalue weighted by atomic mass is 10.0. The van der Waals surface area contributed by atoms with E-state index in [1.54, 1.807) is 85.1 Å². The summed E-state index contributed by atoms with van der Waals surface area (Å²) in [5, 5.41) is 20.1. The molecule has 9 aromatic rings. The summed E-state index contributed by atoms with van der Waals surface area (Å²) in [6.07, 6.45) is 1.92. The number of H-pyrrole nitrogens is 2. The third kappa shape index (κ3) is 14.6. The molecule has 0 aliphatic carbocycles. The predicted molar refractivity (Wildman–Crippen MR) is 298 cm³/mol. The number of rotatable bonds is 14. The van der Waals surface area contributed by atoms with Gasteiger partial charge in [0.15, 0.2) is 17.3 Å². The van der Waals surface area contributed by atoms with Gasteiger partial charge >= 0.3 is 18.2 Å². The average Bonchev–Trinajstić information content (AvgIpc) is 4.13. The number of imidazole rings is 1. The summed E-state index contributed by atoms with van der Waals surface area (Å²) in [6, 6.07) is 36.7. The largest absolute Gasteiger partial charge is 0.586 e. The maximum Gasteiger partial charge on any atom is 0.586 e. The fraction of sp³-hybridized carbons (Fsp3) is 0.169. The normalized spacial score (nSPS) is 12.0. The maximum absolute atomic E-state index is 13.0. The third-order valence-corrected chi connectivity index (χ3v) is 12.3. The Labute approximate surface area is 472 Å². The maximum atomic E-state index is 13.0. The number of halogens is 2. The molecule has 20 nitrogen and oxygen atoms in total. The zero-order valence-corrected chi connectivity index (χ0v) is 45.8. The molecule has 1 aliphatic heterocycles. The molecule has 0 saturated heterocycles. The molecule has 1 aliphatic rings. The number of carbonyl (C=O) groups is 3. The predicted octanol–water partition coefficient (Wildman–Crippen LogP) is 11.5. The Hall–Kier alpha value is -10.5. The lowest BCUT2D eigenvalue weighted by Crippen LogP contribution is -2.46. The monoisotopic (exact) mass is 1130 g/mol. The van der Waals surface area contributed by atoms with Crippen LogP contribution >= 0.6 is 11.3 Å². The van der Waals surface area contributed by atoms with Gasteiger partial charge in [-0.1, -0.05) is 72.8 Å². The van der Waals surface area contributed by atoms with Crippen LogP contribution in [0.25, 0.3) is 39.3 Å². The Morgan fingerprint density at radius 3 is 2.11 bits per heavy atom. The van der Waals surface area contributed by atoms with Crippen LogP contribution in [0.15, 0.2) is 151 Å². The van der Waals surface area contributed by atoms with Crippen molar-refractivity contribution in [2.24, 2.45) is 0 Å². The molecule has 1 amide bonds. The number of benzene rings is 5. The first-order chi connectivity index (χ1) is 39.6. The number of para-hydroxylation sites is 6. The molecule has 0 bridgehead atoms. The fourth-order valence-electron chi connectivity index (χ4n) is 7.99. The van der Waals surface area contributed by atoms with Crippen LogP contribution in [0.3, 0.4) is 0 Å². The first-order valence-corrected chi connectivity index (χ1v) is 25.4. The molecular formula is C59H51F2N9O11S. The number of aromatic amines is 2. The summed E-state index contributed by atoms with van der Waals surface area (Å²) < 4.78 is 65.9. The Morgan fingerprint density at radius 2 is 1.45 bits per heavy atom. The van der Waals surface area contributed by atoms with Gasteiger partial charge in [-0.3, -0.25) is 9.69 Å². The second-order valence-corrected chi connectivity index (χ2v) is 17.8. The topological polar surface area (TPSA) is 259 Å². The molecule has 23 heteroatoms. The van der Waals surface area contributed by atoms with E-state index in [0.717, 1.165) is 39.4 Å². The quantitative estimate of drug-likeness (QED) is 0.0582. The minimum Gasteiger partial charge on any atom is -0.503 e. The van der Waals surface area contributed by atoms with E-state index in [4.69, 9.17) is 33.7 Å². The van der Waals surface area contributed by atoms with Gasteiger partial charge in [0, 0.05) is 41.6 Å². The highest BCUT2D eigenvalue weighted by atomic mass is 32.1.